The highest BCUT2D eigenvalue weighted by Crippen LogP contribution is 2.38. The Balaban J connectivity index is 2.35. The quantitative estimate of drug-likeness (QED) is 0.190. The van der Waals surface area contributed by atoms with Gasteiger partial charge >= 0.3 is 0 Å². The first-order valence-corrected chi connectivity index (χ1v) is 13.3. The van der Waals surface area contributed by atoms with Gasteiger partial charge in [-0.2, -0.15) is 0 Å². The number of aryl methyl sites for hydroxylation is 2. The number of hydrogen-bond donors (Lipinski definition) is 0. The van der Waals surface area contributed by atoms with E-state index in [0.717, 1.165) is 101 Å². The Kier molecular flexibility index (Phi) is 6.90. The van der Waals surface area contributed by atoms with Crippen LogP contribution in [0.25, 0.3) is 56.6 Å². The van der Waals surface area contributed by atoms with Crippen LogP contribution in [0, 0.1) is 6.92 Å². The molecule has 2 nitrogen and oxygen atoms in total. The van der Waals surface area contributed by atoms with Crippen molar-refractivity contribution in [3.63, 3.8) is 0 Å². The minimum absolute atomic E-state index is 0.0444. The normalized spacial score (nSPS) is 11.6. The summed E-state index contributed by atoms with van der Waals surface area (Å²) < 4.78 is 1.91. The second kappa shape index (κ2) is 9.67. The van der Waals surface area contributed by atoms with Crippen LogP contribution in [-0.4, -0.2) is 4.57 Å². The van der Waals surface area contributed by atoms with E-state index < -0.39 is 0 Å². The zero-order valence-electron chi connectivity index (χ0n) is 23.4. The lowest BCUT2D eigenvalue weighted by atomic mass is 9.83. The van der Waals surface area contributed by atoms with E-state index >= 15 is 0 Å². The summed E-state index contributed by atoms with van der Waals surface area (Å²) >= 11 is 0. The van der Waals surface area contributed by atoms with Gasteiger partial charge in [-0.05, 0) is 101 Å². The van der Waals surface area contributed by atoms with Crippen molar-refractivity contribution in [1.29, 1.82) is 0 Å². The Labute approximate surface area is 220 Å². The Morgan fingerprint density at radius 3 is 1.97 bits per heavy atom. The van der Waals surface area contributed by atoms with E-state index in [0.29, 0.717) is 0 Å². The van der Waals surface area contributed by atoms with Crippen LogP contribution in [0.1, 0.15) is 75.8 Å². The number of pyridine rings is 1. The van der Waals surface area contributed by atoms with Crippen molar-refractivity contribution in [3.8, 4) is 0 Å². The molecule has 1 aromatic heterocycles. The molecule has 0 fully saturated rings. The number of hydrogen-bond acceptors (Lipinski definition) is 1. The van der Waals surface area contributed by atoms with Crippen LogP contribution < -0.4 is 16.1 Å². The number of benzene rings is 3. The molecule has 3 aromatic carbocycles. The van der Waals surface area contributed by atoms with E-state index in [1.54, 1.807) is 0 Å². The molecule has 0 saturated heterocycles. The number of nitrogens with zero attached hydrogens (tertiary/aromatic N) is 1. The number of allylic oxidation sites excluding steroid dienone is 3. The fraction of sp³-hybridized carbons (Fsp3) is 0.286. The average Bonchev–Trinajstić information content (AvgIpc) is 2.88. The predicted octanol–water partition coefficient (Wildman–Crippen LogP) is 7.98. The third kappa shape index (κ3) is 3.82. The van der Waals surface area contributed by atoms with Gasteiger partial charge in [-0.15, -0.1) is 0 Å². The van der Waals surface area contributed by atoms with Crippen LogP contribution in [0.2, 0.25) is 0 Å². The van der Waals surface area contributed by atoms with Gasteiger partial charge in [0.05, 0.1) is 0 Å². The predicted molar refractivity (Wildman–Crippen MR) is 166 cm³/mol. The fourth-order valence-corrected chi connectivity index (χ4v) is 6.04. The van der Waals surface area contributed by atoms with E-state index in [1.807, 2.05) is 24.5 Å². The summed E-state index contributed by atoms with van der Waals surface area (Å²) in [6.07, 6.45) is 2.58. The zero-order valence-corrected chi connectivity index (χ0v) is 23.4. The second-order valence-electron chi connectivity index (χ2n) is 10.4. The van der Waals surface area contributed by atoms with Crippen LogP contribution in [0.3, 0.4) is 0 Å². The first-order chi connectivity index (χ1) is 17.5. The first kappa shape index (κ1) is 26.4. The highest BCUT2D eigenvalue weighted by atomic mass is 16.1. The van der Waals surface area contributed by atoms with Crippen molar-refractivity contribution in [3.05, 3.63) is 92.8 Å². The maximum absolute atomic E-state index is 13.9. The number of fused-ring (bicyclic) bond motifs is 5. The molecule has 0 aliphatic rings. The first-order valence-electron chi connectivity index (χ1n) is 13.3. The van der Waals surface area contributed by atoms with Crippen molar-refractivity contribution in [2.75, 3.05) is 0 Å². The number of aromatic nitrogens is 1. The summed E-state index contributed by atoms with van der Waals surface area (Å²) in [6, 6.07) is 8.57. The second-order valence-corrected chi connectivity index (χ2v) is 10.4. The van der Waals surface area contributed by atoms with Gasteiger partial charge in [0.15, 0.2) is 0 Å². The van der Waals surface area contributed by atoms with E-state index in [9.17, 15) is 4.79 Å². The van der Waals surface area contributed by atoms with E-state index in [4.69, 9.17) is 0 Å². The molecule has 0 aliphatic heterocycles. The largest absolute Gasteiger partial charge is 0.306 e. The highest BCUT2D eigenvalue weighted by molar-refractivity contribution is 6.21. The van der Waals surface area contributed by atoms with Gasteiger partial charge in [0.2, 0.25) is 0 Å². The Morgan fingerprint density at radius 1 is 0.865 bits per heavy atom. The van der Waals surface area contributed by atoms with E-state index in [1.165, 1.54) is 0 Å². The molecule has 0 radical (unpaired) electrons. The molecule has 0 amide bonds. The van der Waals surface area contributed by atoms with Gasteiger partial charge in [-0.3, -0.25) is 4.79 Å². The lowest BCUT2D eigenvalue weighted by molar-refractivity contribution is 0.450. The van der Waals surface area contributed by atoms with Crippen LogP contribution >= 0.6 is 0 Å². The topological polar surface area (TPSA) is 22.0 Å². The monoisotopic (exact) mass is 489 g/mol. The van der Waals surface area contributed by atoms with E-state index in [2.05, 4.69) is 78.8 Å². The smallest absolute Gasteiger partial charge is 0.259 e. The minimum Gasteiger partial charge on any atom is -0.306 e. The minimum atomic E-state index is 0.0444. The molecule has 4 rings (SSSR count). The molecule has 37 heavy (non-hydrogen) atoms. The van der Waals surface area contributed by atoms with Gasteiger partial charge in [0.1, 0.15) is 0 Å². The lowest BCUT2D eigenvalue weighted by Gasteiger charge is -2.23. The summed E-state index contributed by atoms with van der Waals surface area (Å²) in [7, 11) is 0. The summed E-state index contributed by atoms with van der Waals surface area (Å²) in [5, 5.41) is 7.98. The zero-order chi connectivity index (χ0) is 27.3. The molecular formula is C35H39NO. The molecule has 0 bridgehead atoms. The summed E-state index contributed by atoms with van der Waals surface area (Å²) in [6.45, 7) is 34.4. The molecule has 4 aromatic rings. The SMILES string of the molecule is C=C(C)C(=C)c1c(C(=C)C)ccc2c1c(=C)c(CC)c1c2ccc2c(=O)n(C(CC)CC)c(=C)c(C)c21. The van der Waals surface area contributed by atoms with Gasteiger partial charge in [0, 0.05) is 22.2 Å². The van der Waals surface area contributed by atoms with Crippen molar-refractivity contribution >= 4 is 56.6 Å². The van der Waals surface area contributed by atoms with Crippen molar-refractivity contribution in [2.45, 2.75) is 66.8 Å². The Hall–Kier alpha value is -3.65. The number of rotatable bonds is 7. The highest BCUT2D eigenvalue weighted by Gasteiger charge is 2.21. The van der Waals surface area contributed by atoms with Crippen molar-refractivity contribution < 1.29 is 0 Å². The van der Waals surface area contributed by atoms with Gasteiger partial charge in [-0.1, -0.05) is 83.0 Å². The lowest BCUT2D eigenvalue weighted by Crippen LogP contribution is -2.37. The van der Waals surface area contributed by atoms with Gasteiger partial charge in [0.25, 0.3) is 5.56 Å². The molecule has 0 atom stereocenters. The standard InChI is InChI=1S/C35H39NO/c1-12-25(13-2)36-24(11)22(9)32-30(35(36)37)18-17-29-28-16-15-27(20(6)7)31(21(8)19(4)5)33(28)23(10)26(14-3)34(29)32/h15-18,25H,4,6,8,10-14H2,1-3,5,7,9H3. The van der Waals surface area contributed by atoms with Crippen molar-refractivity contribution in [1.82, 2.24) is 4.57 Å². The Morgan fingerprint density at radius 2 is 1.43 bits per heavy atom. The van der Waals surface area contributed by atoms with E-state index in [-0.39, 0.29) is 11.6 Å². The molecule has 0 spiro atoms. The molecule has 2 heteroatoms. The molecule has 1 heterocycles. The van der Waals surface area contributed by atoms with Gasteiger partial charge in [-0.25, -0.2) is 0 Å². The Bertz CT molecular complexity index is 1810. The average molecular weight is 490 g/mol. The van der Waals surface area contributed by atoms with Crippen LogP contribution in [0.5, 0.6) is 0 Å². The molecule has 0 saturated carbocycles. The van der Waals surface area contributed by atoms with Gasteiger partial charge < -0.3 is 4.57 Å². The van der Waals surface area contributed by atoms with Crippen LogP contribution in [0.4, 0.5) is 0 Å². The molecule has 0 aliphatic carbocycles. The summed E-state index contributed by atoms with van der Waals surface area (Å²) in [5.41, 5.74) is 7.19. The van der Waals surface area contributed by atoms with Crippen molar-refractivity contribution in [2.24, 2.45) is 0 Å². The van der Waals surface area contributed by atoms with Crippen LogP contribution in [-0.2, 0) is 6.42 Å². The molecular weight excluding hydrogens is 450 g/mol. The summed E-state index contributed by atoms with van der Waals surface area (Å²) in [4.78, 5) is 13.9. The maximum atomic E-state index is 13.9. The summed E-state index contributed by atoms with van der Waals surface area (Å²) in [5.74, 6) is 0. The molecule has 0 unspecified atom stereocenters. The van der Waals surface area contributed by atoms with Crippen LogP contribution in [0.15, 0.2) is 54.4 Å². The fourth-order valence-electron chi connectivity index (χ4n) is 6.04. The molecule has 0 N–H and O–H groups in total. The third-order valence-electron chi connectivity index (χ3n) is 8.15. The third-order valence-corrected chi connectivity index (χ3v) is 8.15. The maximum Gasteiger partial charge on any atom is 0.259 e. The molecule has 190 valence electrons.